The van der Waals surface area contributed by atoms with Crippen LogP contribution in [0.1, 0.15) is 24.5 Å². The van der Waals surface area contributed by atoms with Gasteiger partial charge in [0.15, 0.2) is 0 Å². The lowest BCUT2D eigenvalue weighted by molar-refractivity contribution is 0.206. The minimum absolute atomic E-state index is 0.510. The van der Waals surface area contributed by atoms with Gasteiger partial charge >= 0.3 is 0 Å². The average molecular weight is 316 g/mol. The summed E-state index contributed by atoms with van der Waals surface area (Å²) in [5.74, 6) is 1.42. The fourth-order valence-corrected chi connectivity index (χ4v) is 3.02. The highest BCUT2D eigenvalue weighted by Gasteiger charge is 2.15. The Morgan fingerprint density at radius 1 is 0.958 bits per heavy atom. The predicted molar refractivity (Wildman–Crippen MR) is 100 cm³/mol. The summed E-state index contributed by atoms with van der Waals surface area (Å²) < 4.78 is 5.94. The number of ether oxygens (including phenoxy) is 1. The van der Waals surface area contributed by atoms with Gasteiger partial charge in [0.05, 0.1) is 0 Å². The topological polar surface area (TPSA) is 9.23 Å². The molecule has 3 rings (SSSR count). The van der Waals surface area contributed by atoms with Gasteiger partial charge < -0.3 is 4.74 Å². The summed E-state index contributed by atoms with van der Waals surface area (Å²) in [5, 5.41) is 0. The van der Waals surface area contributed by atoms with Crippen LogP contribution in [-0.2, 0) is 17.8 Å². The van der Waals surface area contributed by atoms with Gasteiger partial charge in [-0.2, -0.15) is 0 Å². The Labute approximate surface area is 145 Å². The summed E-state index contributed by atoms with van der Waals surface area (Å²) in [6.45, 7) is 7.06. The van der Waals surface area contributed by atoms with Gasteiger partial charge in [0.25, 0.3) is 0 Å². The molecule has 0 bridgehead atoms. The van der Waals surface area contributed by atoms with E-state index in [1.807, 2.05) is 18.2 Å². The van der Waals surface area contributed by atoms with E-state index in [0.717, 1.165) is 24.2 Å². The molecule has 0 amide bonds. The van der Waals surface area contributed by atoms with E-state index >= 15 is 0 Å². The molecule has 1 unspecified atom stereocenters. The van der Waals surface area contributed by atoms with Crippen LogP contribution in [0.15, 0.2) is 96.3 Å². The zero-order chi connectivity index (χ0) is 16.8. The first kappa shape index (κ1) is 16.3. The van der Waals surface area contributed by atoms with Gasteiger partial charge in [-0.1, -0.05) is 85.8 Å². The maximum atomic E-state index is 5.94. The van der Waals surface area contributed by atoms with Crippen LogP contribution in [0, 0.1) is 5.92 Å². The van der Waals surface area contributed by atoms with Crippen LogP contribution in [0.25, 0.3) is 0 Å². The van der Waals surface area contributed by atoms with Crippen molar-refractivity contribution in [2.45, 2.75) is 26.4 Å². The third kappa shape index (κ3) is 4.26. The zero-order valence-corrected chi connectivity index (χ0v) is 14.2. The standard InChI is InChI=1S/C23H24O/c1-18(15-20-9-5-3-6-10-20)22-13-14-23(19(2)16-22)24-17-21-11-7-4-8-12-21/h3-12,14,16,18H,2,13,15,17H2,1H3. The van der Waals surface area contributed by atoms with E-state index in [0.29, 0.717) is 12.5 Å². The number of hydrogen-bond acceptors (Lipinski definition) is 1. The monoisotopic (exact) mass is 316 g/mol. The number of hydrogen-bond donors (Lipinski definition) is 0. The number of allylic oxidation sites excluding steroid dienone is 3. The lowest BCUT2D eigenvalue weighted by atomic mass is 9.87. The van der Waals surface area contributed by atoms with Crippen molar-refractivity contribution < 1.29 is 4.74 Å². The van der Waals surface area contributed by atoms with E-state index in [1.54, 1.807) is 0 Å². The molecule has 0 N–H and O–H groups in total. The van der Waals surface area contributed by atoms with Gasteiger partial charge in [-0.3, -0.25) is 0 Å². The smallest absolute Gasteiger partial charge is 0.122 e. The molecule has 0 saturated heterocycles. The Morgan fingerprint density at radius 2 is 1.58 bits per heavy atom. The molecule has 2 aromatic carbocycles. The largest absolute Gasteiger partial charge is 0.489 e. The second-order valence-corrected chi connectivity index (χ2v) is 6.38. The van der Waals surface area contributed by atoms with Gasteiger partial charge in [-0.25, -0.2) is 0 Å². The van der Waals surface area contributed by atoms with Crippen molar-refractivity contribution in [2.24, 2.45) is 5.92 Å². The Hall–Kier alpha value is -2.54. The highest BCUT2D eigenvalue weighted by atomic mass is 16.5. The Bertz CT molecular complexity index is 738. The second kappa shape index (κ2) is 7.83. The number of rotatable bonds is 6. The van der Waals surface area contributed by atoms with Crippen molar-refractivity contribution in [2.75, 3.05) is 0 Å². The maximum Gasteiger partial charge on any atom is 0.122 e. The van der Waals surface area contributed by atoms with E-state index in [4.69, 9.17) is 4.74 Å². The van der Waals surface area contributed by atoms with E-state index in [9.17, 15) is 0 Å². The third-order valence-corrected chi connectivity index (χ3v) is 4.45. The highest BCUT2D eigenvalue weighted by molar-refractivity contribution is 5.42. The average Bonchev–Trinajstić information content (AvgIpc) is 2.62. The molecule has 2 aromatic rings. The summed E-state index contributed by atoms with van der Waals surface area (Å²) in [7, 11) is 0. The molecule has 0 fully saturated rings. The van der Waals surface area contributed by atoms with Gasteiger partial charge in [-0.15, -0.1) is 0 Å². The minimum atomic E-state index is 0.510. The highest BCUT2D eigenvalue weighted by Crippen LogP contribution is 2.29. The molecule has 0 heterocycles. The molecular formula is C23H24O. The van der Waals surface area contributed by atoms with Crippen molar-refractivity contribution in [3.8, 4) is 0 Å². The Kier molecular flexibility index (Phi) is 5.32. The Balaban J connectivity index is 1.57. The normalized spacial score (nSPS) is 15.5. The quantitative estimate of drug-likeness (QED) is 0.649. The molecule has 1 nitrogen and oxygen atoms in total. The van der Waals surface area contributed by atoms with Crippen molar-refractivity contribution in [3.63, 3.8) is 0 Å². The van der Waals surface area contributed by atoms with Crippen LogP contribution < -0.4 is 0 Å². The van der Waals surface area contributed by atoms with Crippen LogP contribution in [0.2, 0.25) is 0 Å². The molecule has 0 aromatic heterocycles. The minimum Gasteiger partial charge on any atom is -0.489 e. The zero-order valence-electron chi connectivity index (χ0n) is 14.2. The van der Waals surface area contributed by atoms with Gasteiger partial charge in [0.2, 0.25) is 0 Å². The van der Waals surface area contributed by atoms with Crippen LogP contribution in [0.4, 0.5) is 0 Å². The van der Waals surface area contributed by atoms with Crippen molar-refractivity contribution in [1.82, 2.24) is 0 Å². The predicted octanol–water partition coefficient (Wildman–Crippen LogP) is 5.85. The first-order chi connectivity index (χ1) is 11.7. The molecule has 1 aliphatic carbocycles. The summed E-state index contributed by atoms with van der Waals surface area (Å²) in [6, 6.07) is 20.9. The lowest BCUT2D eigenvalue weighted by Gasteiger charge is -2.21. The first-order valence-electron chi connectivity index (χ1n) is 8.53. The van der Waals surface area contributed by atoms with Crippen molar-refractivity contribution in [3.05, 3.63) is 107 Å². The van der Waals surface area contributed by atoms with E-state index in [1.165, 1.54) is 16.7 Å². The summed E-state index contributed by atoms with van der Waals surface area (Å²) in [5.41, 5.74) is 4.97. The molecular weight excluding hydrogens is 292 g/mol. The molecule has 0 radical (unpaired) electrons. The molecule has 0 saturated carbocycles. The molecule has 1 atom stereocenters. The first-order valence-corrected chi connectivity index (χ1v) is 8.53. The van der Waals surface area contributed by atoms with Crippen LogP contribution in [0.5, 0.6) is 0 Å². The number of benzene rings is 2. The second-order valence-electron chi connectivity index (χ2n) is 6.38. The summed E-state index contributed by atoms with van der Waals surface area (Å²) in [6.07, 6.45) is 6.38. The SMILES string of the molecule is C=C1C=C(C(C)Cc2ccccc2)CC=C1OCc1ccccc1. The third-order valence-electron chi connectivity index (χ3n) is 4.45. The maximum absolute atomic E-state index is 5.94. The molecule has 1 heteroatoms. The summed E-state index contributed by atoms with van der Waals surface area (Å²) in [4.78, 5) is 0. The summed E-state index contributed by atoms with van der Waals surface area (Å²) >= 11 is 0. The lowest BCUT2D eigenvalue weighted by Crippen LogP contribution is -2.08. The molecule has 0 aliphatic heterocycles. The van der Waals surface area contributed by atoms with E-state index < -0.39 is 0 Å². The van der Waals surface area contributed by atoms with Gasteiger partial charge in [0, 0.05) is 5.57 Å². The van der Waals surface area contributed by atoms with Crippen molar-refractivity contribution >= 4 is 0 Å². The molecule has 0 spiro atoms. The molecule has 122 valence electrons. The van der Waals surface area contributed by atoms with E-state index in [-0.39, 0.29) is 0 Å². The molecule has 24 heavy (non-hydrogen) atoms. The molecule has 1 aliphatic rings. The van der Waals surface area contributed by atoms with Crippen LogP contribution in [0.3, 0.4) is 0 Å². The van der Waals surface area contributed by atoms with Crippen molar-refractivity contribution in [1.29, 1.82) is 0 Å². The van der Waals surface area contributed by atoms with Gasteiger partial charge in [-0.05, 0) is 36.0 Å². The van der Waals surface area contributed by atoms with Crippen LogP contribution in [-0.4, -0.2) is 0 Å². The fraction of sp³-hybridized carbons (Fsp3) is 0.217. The Morgan fingerprint density at radius 3 is 2.21 bits per heavy atom. The van der Waals surface area contributed by atoms with Gasteiger partial charge in [0.1, 0.15) is 12.4 Å². The fourth-order valence-electron chi connectivity index (χ4n) is 3.02. The van der Waals surface area contributed by atoms with Crippen LogP contribution >= 0.6 is 0 Å². The van der Waals surface area contributed by atoms with E-state index in [2.05, 4.69) is 68.1 Å².